The molecule has 1 radical (unpaired) electrons. The van der Waals surface area contributed by atoms with E-state index in [2.05, 4.69) is 15.0 Å². The first-order valence-corrected chi connectivity index (χ1v) is 6.12. The van der Waals surface area contributed by atoms with Crippen molar-refractivity contribution in [3.63, 3.8) is 0 Å². The minimum Gasteiger partial charge on any atom is -0.387 e. The van der Waals surface area contributed by atoms with Crippen molar-refractivity contribution in [3.05, 3.63) is 11.6 Å². The van der Waals surface area contributed by atoms with Gasteiger partial charge in [-0.1, -0.05) is 0 Å². The Kier molecular flexibility index (Phi) is 3.21. The van der Waals surface area contributed by atoms with E-state index in [0.29, 0.717) is 0 Å². The van der Waals surface area contributed by atoms with E-state index < -0.39 is 31.2 Å². The van der Waals surface area contributed by atoms with Gasteiger partial charge in [-0.3, -0.25) is 4.57 Å². The van der Waals surface area contributed by atoms with Crippen molar-refractivity contribution in [1.82, 2.24) is 19.5 Å². The van der Waals surface area contributed by atoms with E-state index in [4.69, 9.17) is 22.1 Å². The van der Waals surface area contributed by atoms with Crippen LogP contribution in [0.4, 0.5) is 10.2 Å². The number of nitrogens with two attached hydrogens (primary N) is 1. The highest BCUT2D eigenvalue weighted by Gasteiger charge is 2.45. The maximum absolute atomic E-state index is 14.0. The predicted octanol–water partition coefficient (Wildman–Crippen LogP) is 0.0888. The van der Waals surface area contributed by atoms with Gasteiger partial charge in [0.2, 0.25) is 5.28 Å². The van der Waals surface area contributed by atoms with Crippen LogP contribution in [0.2, 0.25) is 5.28 Å². The summed E-state index contributed by atoms with van der Waals surface area (Å²) < 4.78 is 20.5. The molecule has 3 heterocycles. The lowest BCUT2D eigenvalue weighted by Gasteiger charge is -2.14. The molecule has 1 aliphatic rings. The van der Waals surface area contributed by atoms with Gasteiger partial charge in [0, 0.05) is 0 Å². The summed E-state index contributed by atoms with van der Waals surface area (Å²) in [5, 5.41) is 20.3. The van der Waals surface area contributed by atoms with Gasteiger partial charge >= 0.3 is 0 Å². The van der Waals surface area contributed by atoms with Crippen molar-refractivity contribution in [3.8, 4) is 0 Å². The Morgan fingerprint density at radius 2 is 2.30 bits per heavy atom. The zero-order valence-corrected chi connectivity index (χ0v) is 10.7. The van der Waals surface area contributed by atoms with Crippen LogP contribution >= 0.6 is 11.6 Å². The number of rotatable bonds is 2. The first-order valence-electron chi connectivity index (χ1n) is 5.74. The largest absolute Gasteiger partial charge is 0.387 e. The third-order valence-electron chi connectivity index (χ3n) is 3.15. The molecule has 0 unspecified atom stereocenters. The summed E-state index contributed by atoms with van der Waals surface area (Å²) in [5.41, 5.74) is 6.06. The zero-order chi connectivity index (χ0) is 14.4. The fourth-order valence-electron chi connectivity index (χ4n) is 2.16. The molecule has 0 aromatic carbocycles. The molecular weight excluding hydrogens is 293 g/mol. The second kappa shape index (κ2) is 4.77. The van der Waals surface area contributed by atoms with Gasteiger partial charge in [-0.15, -0.1) is 0 Å². The molecular formula is C10H10ClFN5O3. The minimum atomic E-state index is -1.78. The molecule has 8 nitrogen and oxygen atoms in total. The lowest BCUT2D eigenvalue weighted by Crippen LogP contribution is -2.30. The second-order valence-electron chi connectivity index (χ2n) is 4.37. The van der Waals surface area contributed by atoms with Gasteiger partial charge in [0.25, 0.3) is 0 Å². The van der Waals surface area contributed by atoms with Crippen LogP contribution in [-0.2, 0) is 9.84 Å². The first kappa shape index (κ1) is 13.4. The first-order chi connectivity index (χ1) is 9.52. The van der Waals surface area contributed by atoms with Gasteiger partial charge in [0.05, 0.1) is 6.33 Å². The molecule has 1 aliphatic heterocycles. The number of anilines is 1. The number of fused-ring (bicyclic) bond motifs is 1. The molecule has 1 saturated heterocycles. The Hall–Kier alpha value is -1.55. The molecule has 20 heavy (non-hydrogen) atoms. The zero-order valence-electron chi connectivity index (χ0n) is 9.98. The fourth-order valence-corrected chi connectivity index (χ4v) is 2.33. The number of nitrogen functional groups attached to an aromatic ring is 1. The normalized spacial score (nSPS) is 30.2. The Labute approximate surface area is 117 Å². The Morgan fingerprint density at radius 1 is 1.55 bits per heavy atom. The van der Waals surface area contributed by atoms with E-state index in [1.54, 1.807) is 0 Å². The number of nitrogens with zero attached hydrogens (tertiary/aromatic N) is 4. The van der Waals surface area contributed by atoms with E-state index in [9.17, 15) is 14.6 Å². The van der Waals surface area contributed by atoms with Crippen LogP contribution in [0.15, 0.2) is 6.33 Å². The number of alkyl halides is 1. The molecule has 10 heteroatoms. The topological polar surface area (TPSA) is 119 Å². The molecule has 1 fully saturated rings. The molecule has 0 aliphatic carbocycles. The van der Waals surface area contributed by atoms with Crippen LogP contribution in [0.25, 0.3) is 11.2 Å². The average molecular weight is 303 g/mol. The summed E-state index contributed by atoms with van der Waals surface area (Å²) in [4.78, 5) is 11.6. The molecule has 3 rings (SSSR count). The standard InChI is InChI=1S/C10H10ClFN5O3/c11-10-15-7(13)5-8(16-10)17(2-14-5)9-4(12)6(19)3(1-18)20-9/h2-4,6,9,19H,1H2,(H2,13,15,16)/t3-,4+,6-,9-/m1/s1. The van der Waals surface area contributed by atoms with Crippen LogP contribution in [0.3, 0.4) is 0 Å². The van der Waals surface area contributed by atoms with E-state index in [0.717, 1.165) is 0 Å². The second-order valence-corrected chi connectivity index (χ2v) is 4.71. The SMILES string of the molecule is Nc1nc(Cl)nc2c1ncn2[C@@H]1O[C@H](C[O])[C@@H](O)[C@@H]1F. The van der Waals surface area contributed by atoms with Crippen molar-refractivity contribution < 1.29 is 19.3 Å². The quantitative estimate of drug-likeness (QED) is 0.759. The summed E-state index contributed by atoms with van der Waals surface area (Å²) in [6, 6.07) is 0. The van der Waals surface area contributed by atoms with Gasteiger partial charge in [0.1, 0.15) is 24.3 Å². The van der Waals surface area contributed by atoms with E-state index in [1.165, 1.54) is 10.9 Å². The number of aliphatic hydroxyl groups excluding tert-OH is 1. The maximum Gasteiger partial charge on any atom is 0.226 e. The van der Waals surface area contributed by atoms with Crippen molar-refractivity contribution in [2.75, 3.05) is 12.3 Å². The summed E-state index contributed by atoms with van der Waals surface area (Å²) in [6.07, 6.45) is -4.35. The predicted molar refractivity (Wildman–Crippen MR) is 65.1 cm³/mol. The lowest BCUT2D eigenvalue weighted by molar-refractivity contribution is -0.0593. The number of hydrogen-bond donors (Lipinski definition) is 2. The van der Waals surface area contributed by atoms with Crippen LogP contribution in [0.1, 0.15) is 6.23 Å². The van der Waals surface area contributed by atoms with Crippen LogP contribution in [-0.4, -0.2) is 49.6 Å². The lowest BCUT2D eigenvalue weighted by atomic mass is 10.1. The summed E-state index contributed by atoms with van der Waals surface area (Å²) >= 11 is 5.70. The van der Waals surface area contributed by atoms with E-state index in [-0.39, 0.29) is 22.3 Å². The van der Waals surface area contributed by atoms with Gasteiger partial charge in [-0.25, -0.2) is 14.5 Å². The van der Waals surface area contributed by atoms with Crippen molar-refractivity contribution in [1.29, 1.82) is 0 Å². The number of halogens is 2. The van der Waals surface area contributed by atoms with Crippen molar-refractivity contribution >= 4 is 28.6 Å². The molecule has 4 atom stereocenters. The molecule has 2 aromatic heterocycles. The minimum absolute atomic E-state index is 0.0491. The van der Waals surface area contributed by atoms with Crippen LogP contribution in [0, 0.1) is 0 Å². The smallest absolute Gasteiger partial charge is 0.226 e. The number of imidazole rings is 1. The van der Waals surface area contributed by atoms with Gasteiger partial charge in [-0.05, 0) is 11.6 Å². The van der Waals surface area contributed by atoms with E-state index >= 15 is 0 Å². The van der Waals surface area contributed by atoms with Gasteiger partial charge < -0.3 is 15.6 Å². The Morgan fingerprint density at radius 3 is 2.95 bits per heavy atom. The van der Waals surface area contributed by atoms with Gasteiger partial charge in [0.15, 0.2) is 23.9 Å². The number of aromatic nitrogens is 4. The molecule has 0 saturated carbocycles. The third kappa shape index (κ3) is 1.90. The molecule has 107 valence electrons. The summed E-state index contributed by atoms with van der Waals surface area (Å²) in [5.74, 6) is 0.0491. The summed E-state index contributed by atoms with van der Waals surface area (Å²) in [7, 11) is 0. The monoisotopic (exact) mass is 302 g/mol. The molecule has 0 amide bonds. The van der Waals surface area contributed by atoms with Crippen molar-refractivity contribution in [2.45, 2.75) is 24.6 Å². The van der Waals surface area contributed by atoms with Crippen LogP contribution in [0.5, 0.6) is 0 Å². The molecule has 0 bridgehead atoms. The molecule has 2 aromatic rings. The third-order valence-corrected chi connectivity index (χ3v) is 3.32. The molecule has 0 spiro atoms. The number of ether oxygens (including phenoxy) is 1. The van der Waals surface area contributed by atoms with E-state index in [1.807, 2.05) is 0 Å². The van der Waals surface area contributed by atoms with Gasteiger partial charge in [-0.2, -0.15) is 9.97 Å². The number of aliphatic hydroxyl groups is 1. The highest BCUT2D eigenvalue weighted by Crippen LogP contribution is 2.34. The average Bonchev–Trinajstić information content (AvgIpc) is 2.93. The Balaban J connectivity index is 2.07. The molecule has 3 N–H and O–H groups in total. The highest BCUT2D eigenvalue weighted by atomic mass is 35.5. The highest BCUT2D eigenvalue weighted by molar-refractivity contribution is 6.28. The number of hydrogen-bond acceptors (Lipinski definition) is 6. The fraction of sp³-hybridized carbons (Fsp3) is 0.500. The van der Waals surface area contributed by atoms with Crippen LogP contribution < -0.4 is 5.73 Å². The Bertz CT molecular complexity index is 653. The van der Waals surface area contributed by atoms with Crippen molar-refractivity contribution in [2.24, 2.45) is 0 Å². The summed E-state index contributed by atoms with van der Waals surface area (Å²) in [6.45, 7) is -0.747. The maximum atomic E-state index is 14.0.